The molecule has 0 aliphatic heterocycles. The Balaban J connectivity index is 2.70. The lowest BCUT2D eigenvalue weighted by atomic mass is 10.0. The smallest absolute Gasteiger partial charge is 0.221 e. The van der Waals surface area contributed by atoms with E-state index in [1.165, 1.54) is 0 Å². The van der Waals surface area contributed by atoms with Crippen LogP contribution in [0.25, 0.3) is 0 Å². The van der Waals surface area contributed by atoms with E-state index in [9.17, 15) is 13.2 Å². The van der Waals surface area contributed by atoms with Gasteiger partial charge in [0.15, 0.2) is 0 Å². The quantitative estimate of drug-likeness (QED) is 0.662. The molecule has 0 heterocycles. The van der Waals surface area contributed by atoms with Crippen molar-refractivity contribution >= 4 is 27.5 Å². The van der Waals surface area contributed by atoms with E-state index in [0.717, 1.165) is 6.26 Å². The van der Waals surface area contributed by atoms with E-state index in [1.54, 1.807) is 31.4 Å². The first-order chi connectivity index (χ1) is 10.3. The molecule has 2 N–H and O–H groups in total. The van der Waals surface area contributed by atoms with Gasteiger partial charge in [-0.3, -0.25) is 4.79 Å². The first-order valence-corrected chi connectivity index (χ1v) is 9.07. The van der Waals surface area contributed by atoms with Gasteiger partial charge >= 0.3 is 0 Å². The highest BCUT2D eigenvalue weighted by atomic mass is 35.5. The fraction of sp³-hybridized carbons (Fsp3) is 0.500. The zero-order chi connectivity index (χ0) is 16.6. The van der Waals surface area contributed by atoms with Crippen molar-refractivity contribution in [1.29, 1.82) is 0 Å². The third kappa shape index (κ3) is 7.74. The molecule has 1 aromatic rings. The lowest BCUT2D eigenvalue weighted by Crippen LogP contribution is -2.33. The Morgan fingerprint density at radius 1 is 1.32 bits per heavy atom. The van der Waals surface area contributed by atoms with Gasteiger partial charge in [0.2, 0.25) is 15.9 Å². The van der Waals surface area contributed by atoms with E-state index in [2.05, 4.69) is 10.0 Å². The molecule has 0 fully saturated rings. The second-order valence-corrected chi connectivity index (χ2v) is 7.11. The number of sulfonamides is 1. The second-order valence-electron chi connectivity index (χ2n) is 4.89. The van der Waals surface area contributed by atoms with Crippen molar-refractivity contribution in [3.8, 4) is 0 Å². The topological polar surface area (TPSA) is 84.5 Å². The summed E-state index contributed by atoms with van der Waals surface area (Å²) in [6, 6.07) is 6.08. The third-order valence-corrected chi connectivity index (χ3v) is 3.83. The van der Waals surface area contributed by atoms with Gasteiger partial charge in [0, 0.05) is 31.7 Å². The molecule has 0 aliphatic rings. The summed E-state index contributed by atoms with van der Waals surface area (Å²) in [5.41, 5.74) is 0.682. The molecule has 0 saturated carbocycles. The van der Waals surface area contributed by atoms with Crippen LogP contribution in [0.3, 0.4) is 0 Å². The van der Waals surface area contributed by atoms with Gasteiger partial charge in [-0.1, -0.05) is 23.7 Å². The van der Waals surface area contributed by atoms with Crippen molar-refractivity contribution in [3.63, 3.8) is 0 Å². The van der Waals surface area contributed by atoms with Crippen molar-refractivity contribution in [3.05, 3.63) is 34.9 Å². The Morgan fingerprint density at radius 3 is 2.50 bits per heavy atom. The molecule has 0 aromatic heterocycles. The summed E-state index contributed by atoms with van der Waals surface area (Å²) in [7, 11) is -1.85. The highest BCUT2D eigenvalue weighted by molar-refractivity contribution is 7.88. The van der Waals surface area contributed by atoms with E-state index < -0.39 is 16.1 Å². The summed E-state index contributed by atoms with van der Waals surface area (Å²) in [4.78, 5) is 11.9. The first-order valence-electron chi connectivity index (χ1n) is 6.80. The lowest BCUT2D eigenvalue weighted by molar-refractivity contribution is -0.121. The van der Waals surface area contributed by atoms with E-state index in [0.29, 0.717) is 30.2 Å². The Hall–Kier alpha value is -1.15. The molecule has 0 bridgehead atoms. The summed E-state index contributed by atoms with van der Waals surface area (Å²) in [6.45, 7) is 1.04. The minimum absolute atomic E-state index is 0.0156. The molecule has 6 nitrogen and oxygen atoms in total. The maximum atomic E-state index is 11.9. The van der Waals surface area contributed by atoms with E-state index in [4.69, 9.17) is 16.3 Å². The number of amides is 1. The molecular formula is C14H21ClN2O4S. The number of rotatable bonds is 9. The lowest BCUT2D eigenvalue weighted by Gasteiger charge is -2.18. The summed E-state index contributed by atoms with van der Waals surface area (Å²) >= 11 is 5.82. The van der Waals surface area contributed by atoms with Crippen LogP contribution in [0.1, 0.15) is 24.4 Å². The summed E-state index contributed by atoms with van der Waals surface area (Å²) in [6.07, 6.45) is 1.78. The van der Waals surface area contributed by atoms with Crippen LogP contribution in [-0.2, 0) is 19.6 Å². The second kappa shape index (κ2) is 9.09. The monoisotopic (exact) mass is 348 g/mol. The zero-order valence-corrected chi connectivity index (χ0v) is 14.2. The molecule has 22 heavy (non-hydrogen) atoms. The summed E-state index contributed by atoms with van der Waals surface area (Å²) in [5.74, 6) is -0.229. The number of benzene rings is 1. The van der Waals surface area contributed by atoms with Crippen LogP contribution in [0.2, 0.25) is 5.02 Å². The summed E-state index contributed by atoms with van der Waals surface area (Å²) in [5, 5.41) is 3.28. The molecule has 0 radical (unpaired) electrons. The van der Waals surface area contributed by atoms with Crippen LogP contribution in [0.5, 0.6) is 0 Å². The molecule has 0 spiro atoms. The van der Waals surface area contributed by atoms with Crippen molar-refractivity contribution in [2.75, 3.05) is 26.5 Å². The number of hydrogen-bond donors (Lipinski definition) is 2. The normalized spacial score (nSPS) is 12.9. The number of nitrogens with one attached hydrogen (secondary N) is 2. The van der Waals surface area contributed by atoms with Crippen molar-refractivity contribution in [2.45, 2.75) is 18.9 Å². The molecule has 0 saturated heterocycles. The predicted octanol–water partition coefficient (Wildman–Crippen LogP) is 1.47. The minimum atomic E-state index is -3.44. The Labute approximate surface area is 136 Å². The van der Waals surface area contributed by atoms with Gasteiger partial charge in [-0.2, -0.15) is 0 Å². The van der Waals surface area contributed by atoms with Gasteiger partial charge in [-0.15, -0.1) is 0 Å². The van der Waals surface area contributed by atoms with Gasteiger partial charge < -0.3 is 10.1 Å². The predicted molar refractivity (Wildman–Crippen MR) is 86.3 cm³/mol. The van der Waals surface area contributed by atoms with Crippen molar-refractivity contribution in [1.82, 2.24) is 10.0 Å². The standard InChI is InChI=1S/C14H21ClN2O4S/c1-21-9-3-8-16-14(18)10-13(17-22(2,19)20)11-4-6-12(15)7-5-11/h4-7,13,17H,3,8-10H2,1-2H3,(H,16,18)/t13-/m1/s1. The summed E-state index contributed by atoms with van der Waals surface area (Å²) < 4.78 is 30.3. The number of carbonyl (C=O) groups is 1. The zero-order valence-electron chi connectivity index (χ0n) is 12.6. The SMILES string of the molecule is COCCCNC(=O)C[C@@H](NS(C)(=O)=O)c1ccc(Cl)cc1. The van der Waals surface area contributed by atoms with Crippen molar-refractivity contribution in [2.24, 2.45) is 0 Å². The van der Waals surface area contributed by atoms with Gasteiger partial charge in [-0.25, -0.2) is 13.1 Å². The average Bonchev–Trinajstić information content (AvgIpc) is 2.42. The van der Waals surface area contributed by atoms with E-state index in [1.807, 2.05) is 0 Å². The van der Waals surface area contributed by atoms with Gasteiger partial charge in [0.25, 0.3) is 0 Å². The molecule has 1 rings (SSSR count). The average molecular weight is 349 g/mol. The fourth-order valence-corrected chi connectivity index (χ4v) is 2.75. The molecule has 0 unspecified atom stereocenters. The third-order valence-electron chi connectivity index (χ3n) is 2.87. The van der Waals surface area contributed by atoms with Gasteiger partial charge in [0.1, 0.15) is 0 Å². The van der Waals surface area contributed by atoms with Crippen LogP contribution in [-0.4, -0.2) is 40.8 Å². The largest absolute Gasteiger partial charge is 0.385 e. The Morgan fingerprint density at radius 2 is 1.95 bits per heavy atom. The van der Waals surface area contributed by atoms with Crippen LogP contribution in [0, 0.1) is 0 Å². The maximum Gasteiger partial charge on any atom is 0.221 e. The highest BCUT2D eigenvalue weighted by Gasteiger charge is 2.19. The first kappa shape index (κ1) is 18.9. The number of halogens is 1. The molecule has 124 valence electrons. The minimum Gasteiger partial charge on any atom is -0.385 e. The van der Waals surface area contributed by atoms with Gasteiger partial charge in [0.05, 0.1) is 12.3 Å². The Bertz CT molecular complexity index is 575. The molecular weight excluding hydrogens is 328 g/mol. The van der Waals surface area contributed by atoms with Crippen molar-refractivity contribution < 1.29 is 17.9 Å². The molecule has 1 aromatic carbocycles. The van der Waals surface area contributed by atoms with Crippen LogP contribution < -0.4 is 10.0 Å². The fourth-order valence-electron chi connectivity index (χ4n) is 1.88. The van der Waals surface area contributed by atoms with Crippen LogP contribution >= 0.6 is 11.6 Å². The highest BCUT2D eigenvalue weighted by Crippen LogP contribution is 2.20. The van der Waals surface area contributed by atoms with Gasteiger partial charge in [-0.05, 0) is 24.1 Å². The number of methoxy groups -OCH3 is 1. The van der Waals surface area contributed by atoms with Crippen LogP contribution in [0.4, 0.5) is 0 Å². The molecule has 1 atom stereocenters. The van der Waals surface area contributed by atoms with Crippen LogP contribution in [0.15, 0.2) is 24.3 Å². The molecule has 1 amide bonds. The Kier molecular flexibility index (Phi) is 7.81. The number of hydrogen-bond acceptors (Lipinski definition) is 4. The number of carbonyl (C=O) groups excluding carboxylic acids is 1. The maximum absolute atomic E-state index is 11.9. The van der Waals surface area contributed by atoms with E-state index >= 15 is 0 Å². The van der Waals surface area contributed by atoms with E-state index in [-0.39, 0.29) is 12.3 Å². The molecule has 0 aliphatic carbocycles. The molecule has 8 heteroatoms. The number of ether oxygens (including phenoxy) is 1.